The third kappa shape index (κ3) is 3.38. The van der Waals surface area contributed by atoms with Crippen molar-refractivity contribution in [2.45, 2.75) is 57.7 Å². The van der Waals surface area contributed by atoms with Crippen LogP contribution in [0, 0.1) is 5.92 Å². The highest BCUT2D eigenvalue weighted by atomic mass is 16.5. The summed E-state index contributed by atoms with van der Waals surface area (Å²) in [5, 5.41) is 6.60. The zero-order chi connectivity index (χ0) is 14.8. The second-order valence-electron chi connectivity index (χ2n) is 6.41. The lowest BCUT2D eigenvalue weighted by atomic mass is 9.91. The summed E-state index contributed by atoms with van der Waals surface area (Å²) < 4.78 is 5.61. The Hall–Kier alpha value is -1.55. The first-order chi connectivity index (χ1) is 10.1. The fourth-order valence-electron chi connectivity index (χ4n) is 3.41. The summed E-state index contributed by atoms with van der Waals surface area (Å²) in [6, 6.07) is 8.63. The largest absolute Gasteiger partial charge is 0.491 e. The van der Waals surface area contributed by atoms with Gasteiger partial charge in [-0.05, 0) is 63.8 Å². The first-order valence-electron chi connectivity index (χ1n) is 7.95. The van der Waals surface area contributed by atoms with Crippen LogP contribution < -0.4 is 15.4 Å². The van der Waals surface area contributed by atoms with Gasteiger partial charge in [0.1, 0.15) is 5.75 Å². The van der Waals surface area contributed by atoms with Crippen molar-refractivity contribution in [3.05, 3.63) is 24.3 Å². The fourth-order valence-corrected chi connectivity index (χ4v) is 3.41. The number of hydrogen-bond donors (Lipinski definition) is 2. The minimum atomic E-state index is 0.107. The maximum Gasteiger partial charge on any atom is 0.229 e. The topological polar surface area (TPSA) is 50.4 Å². The van der Waals surface area contributed by atoms with E-state index in [0.29, 0.717) is 12.1 Å². The number of hydrogen-bond acceptors (Lipinski definition) is 3. The maximum absolute atomic E-state index is 12.4. The highest BCUT2D eigenvalue weighted by Crippen LogP contribution is 2.32. The van der Waals surface area contributed by atoms with Crippen molar-refractivity contribution >= 4 is 11.6 Å². The molecule has 0 aliphatic carbocycles. The number of piperidine rings is 1. The number of amides is 1. The molecule has 1 amide bonds. The van der Waals surface area contributed by atoms with Crippen LogP contribution in [0.1, 0.15) is 39.5 Å². The lowest BCUT2D eigenvalue weighted by molar-refractivity contribution is -0.121. The van der Waals surface area contributed by atoms with Crippen LogP contribution in [0.25, 0.3) is 0 Å². The zero-order valence-corrected chi connectivity index (χ0v) is 12.8. The summed E-state index contributed by atoms with van der Waals surface area (Å²) >= 11 is 0. The van der Waals surface area contributed by atoms with E-state index >= 15 is 0 Å². The Labute approximate surface area is 126 Å². The van der Waals surface area contributed by atoms with Gasteiger partial charge in [-0.3, -0.25) is 4.79 Å². The molecule has 2 heterocycles. The Kier molecular flexibility index (Phi) is 4.15. The Morgan fingerprint density at radius 1 is 1.19 bits per heavy atom. The van der Waals surface area contributed by atoms with E-state index in [1.807, 2.05) is 38.1 Å². The van der Waals surface area contributed by atoms with E-state index in [4.69, 9.17) is 4.74 Å². The van der Waals surface area contributed by atoms with E-state index in [-0.39, 0.29) is 17.9 Å². The molecule has 3 rings (SSSR count). The normalized spacial score (nSPS) is 27.7. The molecule has 2 aliphatic heterocycles. The van der Waals surface area contributed by atoms with E-state index in [0.717, 1.165) is 30.7 Å². The molecule has 0 spiro atoms. The second kappa shape index (κ2) is 6.06. The minimum Gasteiger partial charge on any atom is -0.491 e. The molecule has 2 saturated heterocycles. The Bertz CT molecular complexity index is 498. The van der Waals surface area contributed by atoms with E-state index in [1.54, 1.807) is 0 Å². The van der Waals surface area contributed by atoms with Crippen LogP contribution in [0.15, 0.2) is 24.3 Å². The van der Waals surface area contributed by atoms with Crippen molar-refractivity contribution in [3.8, 4) is 5.75 Å². The van der Waals surface area contributed by atoms with Crippen LogP contribution in [0.3, 0.4) is 0 Å². The number of carbonyl (C=O) groups is 1. The number of anilines is 1. The van der Waals surface area contributed by atoms with Crippen molar-refractivity contribution in [2.75, 3.05) is 5.32 Å². The number of carbonyl (C=O) groups excluding carboxylic acids is 1. The van der Waals surface area contributed by atoms with Gasteiger partial charge in [0.15, 0.2) is 0 Å². The van der Waals surface area contributed by atoms with Gasteiger partial charge in [-0.1, -0.05) is 0 Å². The molecule has 114 valence electrons. The van der Waals surface area contributed by atoms with Gasteiger partial charge in [-0.2, -0.15) is 0 Å². The summed E-state index contributed by atoms with van der Waals surface area (Å²) in [5.41, 5.74) is 0.844. The number of fused-ring (bicyclic) bond motifs is 2. The van der Waals surface area contributed by atoms with Crippen molar-refractivity contribution in [2.24, 2.45) is 5.92 Å². The molecular formula is C17H24N2O2. The lowest BCUT2D eigenvalue weighted by Gasteiger charge is -2.29. The summed E-state index contributed by atoms with van der Waals surface area (Å²) in [7, 11) is 0. The Morgan fingerprint density at radius 2 is 1.90 bits per heavy atom. The van der Waals surface area contributed by atoms with Crippen LogP contribution in [0.2, 0.25) is 0 Å². The second-order valence-corrected chi connectivity index (χ2v) is 6.41. The molecule has 0 saturated carbocycles. The molecule has 2 N–H and O–H groups in total. The average Bonchev–Trinajstić information content (AvgIpc) is 2.82. The van der Waals surface area contributed by atoms with Crippen molar-refractivity contribution in [3.63, 3.8) is 0 Å². The standard InChI is InChI=1S/C17H24N2O2/c1-11(2)21-14-7-3-13(4-8-14)19-17(20)15-9-5-12-6-10-16(15)18-12/h3-4,7-8,11-12,15-16,18H,5-6,9-10H2,1-2H3,(H,19,20). The predicted molar refractivity (Wildman–Crippen MR) is 83.5 cm³/mol. The van der Waals surface area contributed by atoms with E-state index in [1.165, 1.54) is 6.42 Å². The summed E-state index contributed by atoms with van der Waals surface area (Å²) in [5.74, 6) is 1.08. The zero-order valence-electron chi connectivity index (χ0n) is 12.8. The maximum atomic E-state index is 12.4. The fraction of sp³-hybridized carbons (Fsp3) is 0.588. The van der Waals surface area contributed by atoms with Gasteiger partial charge in [-0.25, -0.2) is 0 Å². The Morgan fingerprint density at radius 3 is 2.62 bits per heavy atom. The monoisotopic (exact) mass is 288 g/mol. The summed E-state index contributed by atoms with van der Waals surface area (Å²) in [6.07, 6.45) is 4.63. The van der Waals surface area contributed by atoms with Gasteiger partial charge in [0, 0.05) is 17.8 Å². The molecule has 2 bridgehead atoms. The van der Waals surface area contributed by atoms with Crippen molar-refractivity contribution in [1.82, 2.24) is 5.32 Å². The first kappa shape index (κ1) is 14.4. The smallest absolute Gasteiger partial charge is 0.229 e. The molecule has 4 heteroatoms. The first-order valence-corrected chi connectivity index (χ1v) is 7.95. The Balaban J connectivity index is 1.59. The predicted octanol–water partition coefficient (Wildman–Crippen LogP) is 2.94. The van der Waals surface area contributed by atoms with Crippen LogP contribution in [-0.4, -0.2) is 24.1 Å². The summed E-state index contributed by atoms with van der Waals surface area (Å²) in [6.45, 7) is 4.00. The van der Waals surface area contributed by atoms with Crippen LogP contribution in [0.5, 0.6) is 5.75 Å². The molecule has 1 aromatic rings. The molecule has 0 aromatic heterocycles. The molecule has 2 aliphatic rings. The van der Waals surface area contributed by atoms with Gasteiger partial charge in [0.25, 0.3) is 0 Å². The number of ether oxygens (including phenoxy) is 1. The van der Waals surface area contributed by atoms with E-state index in [9.17, 15) is 4.79 Å². The number of rotatable bonds is 4. The van der Waals surface area contributed by atoms with Gasteiger partial charge in [-0.15, -0.1) is 0 Å². The highest BCUT2D eigenvalue weighted by Gasteiger charge is 2.38. The van der Waals surface area contributed by atoms with Gasteiger partial charge in [0.05, 0.1) is 12.0 Å². The quantitative estimate of drug-likeness (QED) is 0.895. The average molecular weight is 288 g/mol. The van der Waals surface area contributed by atoms with Crippen molar-refractivity contribution < 1.29 is 9.53 Å². The van der Waals surface area contributed by atoms with Crippen LogP contribution >= 0.6 is 0 Å². The molecule has 3 unspecified atom stereocenters. The van der Waals surface area contributed by atoms with Gasteiger partial charge < -0.3 is 15.4 Å². The third-order valence-corrected chi connectivity index (χ3v) is 4.42. The molecule has 0 radical (unpaired) electrons. The number of benzene rings is 1. The SMILES string of the molecule is CC(C)Oc1ccc(NC(=O)C2CCC3CCC2N3)cc1. The number of nitrogens with one attached hydrogen (secondary N) is 2. The minimum absolute atomic E-state index is 0.107. The lowest BCUT2D eigenvalue weighted by Crippen LogP contribution is -2.45. The van der Waals surface area contributed by atoms with Crippen LogP contribution in [0.4, 0.5) is 5.69 Å². The van der Waals surface area contributed by atoms with E-state index < -0.39 is 0 Å². The molecular weight excluding hydrogens is 264 g/mol. The van der Waals surface area contributed by atoms with Crippen molar-refractivity contribution in [1.29, 1.82) is 0 Å². The third-order valence-electron chi connectivity index (χ3n) is 4.42. The molecule has 1 aromatic carbocycles. The molecule has 4 nitrogen and oxygen atoms in total. The van der Waals surface area contributed by atoms with Gasteiger partial charge >= 0.3 is 0 Å². The summed E-state index contributed by atoms with van der Waals surface area (Å²) in [4.78, 5) is 12.4. The molecule has 2 fully saturated rings. The highest BCUT2D eigenvalue weighted by molar-refractivity contribution is 5.93. The van der Waals surface area contributed by atoms with E-state index in [2.05, 4.69) is 10.6 Å². The van der Waals surface area contributed by atoms with Crippen LogP contribution in [-0.2, 0) is 4.79 Å². The van der Waals surface area contributed by atoms with Gasteiger partial charge in [0.2, 0.25) is 5.91 Å². The molecule has 3 atom stereocenters. The molecule has 21 heavy (non-hydrogen) atoms.